The van der Waals surface area contributed by atoms with Crippen LogP contribution in [0.3, 0.4) is 0 Å². The second-order valence-corrected chi connectivity index (χ2v) is 8.70. The van der Waals surface area contributed by atoms with Gasteiger partial charge < -0.3 is 14.4 Å². The van der Waals surface area contributed by atoms with Crippen LogP contribution in [0.15, 0.2) is 29.2 Å². The molecule has 0 aromatic heterocycles. The minimum Gasteiger partial charge on any atom is -0.611 e. The van der Waals surface area contributed by atoms with E-state index in [9.17, 15) is 24.3 Å². The van der Waals surface area contributed by atoms with Crippen molar-refractivity contribution < 1.29 is 28.9 Å². The average molecular weight is 414 g/mol. The van der Waals surface area contributed by atoms with E-state index in [1.54, 1.807) is 20.8 Å². The van der Waals surface area contributed by atoms with Gasteiger partial charge in [0.05, 0.1) is 4.92 Å². The van der Waals surface area contributed by atoms with Gasteiger partial charge in [-0.25, -0.2) is 14.5 Å². The summed E-state index contributed by atoms with van der Waals surface area (Å²) in [5.74, 6) is 0.409. The van der Waals surface area contributed by atoms with Crippen molar-refractivity contribution in [2.75, 3.05) is 12.3 Å². The molecule has 0 aliphatic rings. The van der Waals surface area contributed by atoms with Crippen LogP contribution < -0.4 is 0 Å². The monoisotopic (exact) mass is 414 g/mol. The van der Waals surface area contributed by atoms with Gasteiger partial charge >= 0.3 is 12.2 Å². The van der Waals surface area contributed by atoms with Gasteiger partial charge in [-0.1, -0.05) is 6.42 Å². The van der Waals surface area contributed by atoms with E-state index < -0.39 is 33.9 Å². The predicted molar refractivity (Wildman–Crippen MR) is 104 cm³/mol. The Morgan fingerprint density at radius 3 is 2.21 bits per heavy atom. The molecule has 2 amide bonds. The van der Waals surface area contributed by atoms with E-state index in [0.717, 1.165) is 6.42 Å². The van der Waals surface area contributed by atoms with E-state index in [4.69, 9.17) is 9.84 Å². The summed E-state index contributed by atoms with van der Waals surface area (Å²) in [6.45, 7) is 5.03. The van der Waals surface area contributed by atoms with Gasteiger partial charge in [-0.2, -0.15) is 0 Å². The lowest BCUT2D eigenvalue weighted by atomic mass is 10.2. The number of non-ortho nitro benzene ring substituents is 1. The molecule has 1 unspecified atom stereocenters. The van der Waals surface area contributed by atoms with Gasteiger partial charge in [0, 0.05) is 18.7 Å². The van der Waals surface area contributed by atoms with E-state index in [2.05, 4.69) is 0 Å². The Bertz CT molecular complexity index is 674. The standard InChI is InChI=1S/C18H26N2O7S/c1-18(2,3)27-17(23)19(16(21)22)12-6-4-5-7-13-28(26)15-10-8-14(9-11-15)20(24)25/h8-11H,4-7,12-13H2,1-3H3,(H,21,22). The molecule has 0 aliphatic carbocycles. The van der Waals surface area contributed by atoms with Crippen LogP contribution in [0.1, 0.15) is 46.5 Å². The number of carboxylic acid groups (broad SMARTS) is 1. The largest absolute Gasteiger partial charge is 0.611 e. The quantitative estimate of drug-likeness (QED) is 0.277. The van der Waals surface area contributed by atoms with Gasteiger partial charge in [-0.05, 0) is 63.3 Å². The zero-order valence-electron chi connectivity index (χ0n) is 16.3. The molecule has 0 aliphatic heterocycles. The number of nitro groups is 1. The van der Waals surface area contributed by atoms with Crippen LogP contribution in [-0.4, -0.2) is 49.6 Å². The zero-order valence-corrected chi connectivity index (χ0v) is 17.1. The number of nitro benzene ring substituents is 1. The van der Waals surface area contributed by atoms with Crippen LogP contribution in [-0.2, 0) is 15.9 Å². The van der Waals surface area contributed by atoms with Crippen molar-refractivity contribution in [1.29, 1.82) is 0 Å². The molecule has 10 heteroatoms. The van der Waals surface area contributed by atoms with Crippen molar-refractivity contribution in [3.8, 4) is 0 Å². The number of nitrogens with zero attached hydrogens (tertiary/aromatic N) is 2. The summed E-state index contributed by atoms with van der Waals surface area (Å²) < 4.78 is 17.2. The molecule has 1 aromatic rings. The van der Waals surface area contributed by atoms with Crippen molar-refractivity contribution in [3.05, 3.63) is 34.4 Å². The van der Waals surface area contributed by atoms with E-state index in [1.807, 2.05) is 0 Å². The fourth-order valence-corrected chi connectivity index (χ4v) is 3.42. The number of hydrogen-bond acceptors (Lipinski definition) is 6. The van der Waals surface area contributed by atoms with E-state index >= 15 is 0 Å². The summed E-state index contributed by atoms with van der Waals surface area (Å²) in [5.41, 5.74) is -0.819. The van der Waals surface area contributed by atoms with E-state index in [0.29, 0.717) is 34.8 Å². The summed E-state index contributed by atoms with van der Waals surface area (Å²) in [7, 11) is 0. The molecular weight excluding hydrogens is 388 g/mol. The highest BCUT2D eigenvalue weighted by molar-refractivity contribution is 7.91. The Kier molecular flexibility index (Phi) is 9.20. The van der Waals surface area contributed by atoms with Gasteiger partial charge in [0.25, 0.3) is 5.69 Å². The molecular formula is C18H26N2O7S. The van der Waals surface area contributed by atoms with Gasteiger partial charge in [0.1, 0.15) is 11.4 Å². The van der Waals surface area contributed by atoms with Gasteiger partial charge in [-0.3, -0.25) is 10.1 Å². The maximum absolute atomic E-state index is 12.2. The minimum atomic E-state index is -1.35. The first kappa shape index (κ1) is 23.7. The maximum atomic E-state index is 12.2. The Hall–Kier alpha value is -2.33. The summed E-state index contributed by atoms with van der Waals surface area (Å²) >= 11 is -1.25. The number of carbonyl (C=O) groups is 2. The molecule has 0 spiro atoms. The molecule has 9 nitrogen and oxygen atoms in total. The lowest BCUT2D eigenvalue weighted by Crippen LogP contribution is -2.40. The molecule has 0 fully saturated rings. The van der Waals surface area contributed by atoms with Crippen molar-refractivity contribution in [3.63, 3.8) is 0 Å². The number of rotatable bonds is 9. The van der Waals surface area contributed by atoms with Crippen molar-refractivity contribution in [1.82, 2.24) is 4.90 Å². The second kappa shape index (κ2) is 10.9. The molecule has 1 rings (SSSR count). The minimum absolute atomic E-state index is 0.0374. The fraction of sp³-hybridized carbons (Fsp3) is 0.556. The third-order valence-electron chi connectivity index (χ3n) is 3.62. The molecule has 156 valence electrons. The Morgan fingerprint density at radius 1 is 1.14 bits per heavy atom. The molecule has 1 aromatic carbocycles. The second-order valence-electron chi connectivity index (χ2n) is 7.13. The number of unbranched alkanes of at least 4 members (excludes halogenated alkanes) is 3. The Morgan fingerprint density at radius 2 is 1.71 bits per heavy atom. The first-order valence-electron chi connectivity index (χ1n) is 8.87. The molecule has 1 atom stereocenters. The summed E-state index contributed by atoms with van der Waals surface area (Å²) in [6.07, 6.45) is 0.288. The highest BCUT2D eigenvalue weighted by Gasteiger charge is 2.26. The molecule has 0 saturated carbocycles. The normalized spacial score (nSPS) is 12.3. The maximum Gasteiger partial charge on any atom is 0.419 e. The van der Waals surface area contributed by atoms with Crippen LogP contribution in [0.4, 0.5) is 15.3 Å². The summed E-state index contributed by atoms with van der Waals surface area (Å²) in [6, 6.07) is 5.62. The van der Waals surface area contributed by atoms with Crippen LogP contribution >= 0.6 is 0 Å². The first-order valence-corrected chi connectivity index (χ1v) is 10.2. The van der Waals surface area contributed by atoms with Crippen LogP contribution in [0.25, 0.3) is 0 Å². The first-order chi connectivity index (χ1) is 13.0. The number of imide groups is 1. The van der Waals surface area contributed by atoms with Crippen molar-refractivity contribution in [2.24, 2.45) is 0 Å². The van der Waals surface area contributed by atoms with E-state index in [-0.39, 0.29) is 12.2 Å². The molecule has 0 radical (unpaired) electrons. The fourth-order valence-electron chi connectivity index (χ4n) is 2.28. The average Bonchev–Trinajstić information content (AvgIpc) is 2.58. The third-order valence-corrected chi connectivity index (χ3v) is 5.07. The number of amides is 2. The van der Waals surface area contributed by atoms with Crippen molar-refractivity contribution in [2.45, 2.75) is 57.0 Å². The number of benzene rings is 1. The van der Waals surface area contributed by atoms with Crippen LogP contribution in [0.5, 0.6) is 0 Å². The number of ether oxygens (including phenoxy) is 1. The Balaban J connectivity index is 2.32. The van der Waals surface area contributed by atoms with Crippen LogP contribution in [0.2, 0.25) is 0 Å². The number of hydrogen-bond donors (Lipinski definition) is 1. The van der Waals surface area contributed by atoms with Gasteiger partial charge in [0.15, 0.2) is 4.90 Å². The lowest BCUT2D eigenvalue weighted by molar-refractivity contribution is -0.384. The molecule has 28 heavy (non-hydrogen) atoms. The van der Waals surface area contributed by atoms with Gasteiger partial charge in [0.2, 0.25) is 0 Å². The SMILES string of the molecule is CC(C)(C)OC(=O)N(CCCCCC[S+]([O-])c1ccc([N+](=O)[O-])cc1)C(=O)O. The molecule has 0 saturated heterocycles. The summed E-state index contributed by atoms with van der Waals surface area (Å²) in [4.78, 5) is 34.4. The molecule has 0 heterocycles. The zero-order chi connectivity index (χ0) is 21.3. The molecule has 1 N–H and O–H groups in total. The third kappa shape index (κ3) is 8.57. The molecule has 0 bridgehead atoms. The Labute approximate surface area is 167 Å². The topological polar surface area (TPSA) is 133 Å². The summed E-state index contributed by atoms with van der Waals surface area (Å²) in [5, 5.41) is 19.8. The lowest BCUT2D eigenvalue weighted by Gasteiger charge is -2.24. The van der Waals surface area contributed by atoms with Crippen molar-refractivity contribution >= 4 is 29.0 Å². The predicted octanol–water partition coefficient (Wildman–Crippen LogP) is 4.18. The smallest absolute Gasteiger partial charge is 0.419 e. The highest BCUT2D eigenvalue weighted by Crippen LogP contribution is 2.18. The van der Waals surface area contributed by atoms with E-state index in [1.165, 1.54) is 24.3 Å². The van der Waals surface area contributed by atoms with Crippen LogP contribution in [0, 0.1) is 10.1 Å². The highest BCUT2D eigenvalue weighted by atomic mass is 32.2. The number of carbonyl (C=O) groups excluding carboxylic acids is 1. The van der Waals surface area contributed by atoms with Gasteiger partial charge in [-0.15, -0.1) is 0 Å².